The van der Waals surface area contributed by atoms with Crippen molar-refractivity contribution in [1.29, 1.82) is 0 Å². The molecule has 1 aromatic heterocycles. The molecular weight excluding hydrogens is 296 g/mol. The first kappa shape index (κ1) is 16.6. The van der Waals surface area contributed by atoms with Gasteiger partial charge in [-0.1, -0.05) is 12.1 Å². The van der Waals surface area contributed by atoms with Gasteiger partial charge in [-0.25, -0.2) is 0 Å². The number of aryl methyl sites for hydroxylation is 2. The van der Waals surface area contributed by atoms with E-state index < -0.39 is 0 Å². The van der Waals surface area contributed by atoms with Gasteiger partial charge < -0.3 is 5.32 Å². The van der Waals surface area contributed by atoms with E-state index in [1.807, 2.05) is 32.0 Å². The molecule has 0 saturated heterocycles. The van der Waals surface area contributed by atoms with Crippen LogP contribution >= 0.6 is 11.8 Å². The highest BCUT2D eigenvalue weighted by molar-refractivity contribution is 7.98. The smallest absolute Gasteiger partial charge is 0.239 e. The highest BCUT2D eigenvalue weighted by atomic mass is 32.2. The van der Waals surface area contributed by atoms with Crippen LogP contribution in [0.25, 0.3) is 0 Å². The number of benzene rings is 1. The van der Waals surface area contributed by atoms with Gasteiger partial charge in [0, 0.05) is 24.6 Å². The van der Waals surface area contributed by atoms with E-state index in [0.717, 1.165) is 18.1 Å². The summed E-state index contributed by atoms with van der Waals surface area (Å²) >= 11 is 1.73. The Bertz CT molecular complexity index is 636. The van der Waals surface area contributed by atoms with Crippen LogP contribution in [-0.2, 0) is 18.4 Å². The van der Waals surface area contributed by atoms with Crippen LogP contribution < -0.4 is 5.32 Å². The maximum Gasteiger partial charge on any atom is 0.239 e. The number of nitrogens with one attached hydrogen (secondary N) is 1. The van der Waals surface area contributed by atoms with E-state index in [9.17, 15) is 4.79 Å². The number of rotatable bonds is 6. The summed E-state index contributed by atoms with van der Waals surface area (Å²) in [6, 6.07) is 10.3. The van der Waals surface area contributed by atoms with Gasteiger partial charge in [0.05, 0.1) is 12.2 Å². The first-order valence-electron chi connectivity index (χ1n) is 7.10. The maximum absolute atomic E-state index is 12.1. The summed E-state index contributed by atoms with van der Waals surface area (Å²) in [4.78, 5) is 15.3. The summed E-state index contributed by atoms with van der Waals surface area (Å²) < 4.78 is 1.67. The molecule has 1 N–H and O–H groups in total. The Labute approximate surface area is 135 Å². The van der Waals surface area contributed by atoms with E-state index in [4.69, 9.17) is 0 Å². The molecule has 1 heterocycles. The van der Waals surface area contributed by atoms with E-state index in [2.05, 4.69) is 40.9 Å². The third-order valence-corrected chi connectivity index (χ3v) is 4.04. The molecule has 0 radical (unpaired) electrons. The van der Waals surface area contributed by atoms with Gasteiger partial charge in [-0.3, -0.25) is 14.4 Å². The molecular formula is C16H22N4OS. The predicted molar refractivity (Wildman–Crippen MR) is 91.1 cm³/mol. The lowest BCUT2D eigenvalue weighted by Gasteiger charge is -2.16. The molecule has 0 spiro atoms. The number of aromatic nitrogens is 2. The van der Waals surface area contributed by atoms with Crippen molar-refractivity contribution in [3.63, 3.8) is 0 Å². The van der Waals surface area contributed by atoms with Crippen LogP contribution in [0.5, 0.6) is 0 Å². The third kappa shape index (κ3) is 4.61. The highest BCUT2D eigenvalue weighted by Gasteiger charge is 2.10. The number of carbonyl (C=O) groups excluding carboxylic acids is 1. The molecule has 0 saturated carbocycles. The molecule has 0 aliphatic heterocycles. The second-order valence-electron chi connectivity index (χ2n) is 5.36. The van der Waals surface area contributed by atoms with Crippen molar-refractivity contribution < 1.29 is 4.79 Å². The normalized spacial score (nSPS) is 11.0. The molecule has 5 nitrogen and oxygen atoms in total. The number of nitrogens with zero attached hydrogens (tertiary/aromatic N) is 3. The van der Waals surface area contributed by atoms with Gasteiger partial charge >= 0.3 is 0 Å². The van der Waals surface area contributed by atoms with Crippen molar-refractivity contribution in [2.24, 2.45) is 7.05 Å². The molecule has 2 aromatic rings. The summed E-state index contributed by atoms with van der Waals surface area (Å²) in [7, 11) is 3.76. The van der Waals surface area contributed by atoms with E-state index in [-0.39, 0.29) is 5.91 Å². The lowest BCUT2D eigenvalue weighted by atomic mass is 10.2. The Morgan fingerprint density at radius 3 is 2.59 bits per heavy atom. The Morgan fingerprint density at radius 1 is 1.36 bits per heavy atom. The van der Waals surface area contributed by atoms with E-state index in [0.29, 0.717) is 6.54 Å². The third-order valence-electron chi connectivity index (χ3n) is 3.29. The molecule has 0 aliphatic rings. The van der Waals surface area contributed by atoms with Gasteiger partial charge in [-0.15, -0.1) is 11.8 Å². The zero-order valence-electron chi connectivity index (χ0n) is 13.5. The summed E-state index contributed by atoms with van der Waals surface area (Å²) in [5.41, 5.74) is 2.09. The molecule has 0 aliphatic carbocycles. The van der Waals surface area contributed by atoms with Crippen LogP contribution in [0.2, 0.25) is 0 Å². The van der Waals surface area contributed by atoms with Crippen LogP contribution in [0.3, 0.4) is 0 Å². The highest BCUT2D eigenvalue weighted by Crippen LogP contribution is 2.15. The number of hydrogen-bond acceptors (Lipinski definition) is 4. The molecule has 118 valence electrons. The minimum absolute atomic E-state index is 0.0359. The maximum atomic E-state index is 12.1. The molecule has 1 amide bonds. The summed E-state index contributed by atoms with van der Waals surface area (Å²) in [5.74, 6) is 0.687. The molecule has 0 bridgehead atoms. The monoisotopic (exact) mass is 318 g/mol. The van der Waals surface area contributed by atoms with Gasteiger partial charge in [0.1, 0.15) is 5.82 Å². The Morgan fingerprint density at radius 2 is 2.05 bits per heavy atom. The Balaban J connectivity index is 1.86. The number of thioether (sulfide) groups is 1. The molecule has 0 unspecified atom stereocenters. The predicted octanol–water partition coefficient (Wildman–Crippen LogP) is 2.52. The molecule has 2 rings (SSSR count). The van der Waals surface area contributed by atoms with Gasteiger partial charge in [0.15, 0.2) is 0 Å². The fraction of sp³-hybridized carbons (Fsp3) is 0.375. The molecule has 0 atom stereocenters. The van der Waals surface area contributed by atoms with Crippen LogP contribution in [0.1, 0.15) is 11.3 Å². The van der Waals surface area contributed by atoms with E-state index in [1.54, 1.807) is 16.4 Å². The lowest BCUT2D eigenvalue weighted by Crippen LogP contribution is -2.30. The molecule has 22 heavy (non-hydrogen) atoms. The van der Waals surface area contributed by atoms with Crippen LogP contribution in [0, 0.1) is 6.92 Å². The van der Waals surface area contributed by atoms with Crippen molar-refractivity contribution in [3.8, 4) is 0 Å². The van der Waals surface area contributed by atoms with Crippen molar-refractivity contribution in [2.45, 2.75) is 18.4 Å². The Kier molecular flexibility index (Phi) is 5.63. The first-order chi connectivity index (χ1) is 10.5. The zero-order valence-corrected chi connectivity index (χ0v) is 14.3. The van der Waals surface area contributed by atoms with Gasteiger partial charge in [-0.05, 0) is 37.9 Å². The summed E-state index contributed by atoms with van der Waals surface area (Å²) in [6.07, 6.45) is 2.06. The molecule has 1 aromatic carbocycles. The first-order valence-corrected chi connectivity index (χ1v) is 8.32. The standard InChI is InChI=1S/C16H22N4OS/c1-12-9-15(20(3)18-12)17-16(21)11-19(2)10-13-5-7-14(22-4)8-6-13/h5-9H,10-11H2,1-4H3,(H,17,21). The van der Waals surface area contributed by atoms with Crippen LogP contribution in [-0.4, -0.2) is 40.4 Å². The number of carbonyl (C=O) groups is 1. The summed E-state index contributed by atoms with van der Waals surface area (Å²) in [6.45, 7) is 2.99. The lowest BCUT2D eigenvalue weighted by molar-refractivity contribution is -0.117. The number of amides is 1. The fourth-order valence-electron chi connectivity index (χ4n) is 2.25. The van der Waals surface area contributed by atoms with E-state index in [1.165, 1.54) is 10.5 Å². The minimum atomic E-state index is -0.0359. The molecule has 6 heteroatoms. The molecule has 0 fully saturated rings. The average Bonchev–Trinajstić information content (AvgIpc) is 2.77. The van der Waals surface area contributed by atoms with Crippen molar-refractivity contribution >= 4 is 23.5 Å². The summed E-state index contributed by atoms with van der Waals surface area (Å²) in [5, 5.41) is 7.10. The minimum Gasteiger partial charge on any atom is -0.310 e. The largest absolute Gasteiger partial charge is 0.310 e. The van der Waals surface area contributed by atoms with Crippen molar-refractivity contribution in [2.75, 3.05) is 25.2 Å². The van der Waals surface area contributed by atoms with Gasteiger partial charge in [0.25, 0.3) is 0 Å². The fourth-order valence-corrected chi connectivity index (χ4v) is 2.66. The number of hydrogen-bond donors (Lipinski definition) is 1. The topological polar surface area (TPSA) is 50.2 Å². The zero-order chi connectivity index (χ0) is 16.1. The SMILES string of the molecule is CSc1ccc(CN(C)CC(=O)Nc2cc(C)nn2C)cc1. The quantitative estimate of drug-likeness (QED) is 0.832. The average molecular weight is 318 g/mol. The van der Waals surface area contributed by atoms with Crippen LogP contribution in [0.15, 0.2) is 35.2 Å². The van der Waals surface area contributed by atoms with Gasteiger partial charge in [0.2, 0.25) is 5.91 Å². The van der Waals surface area contributed by atoms with Crippen molar-refractivity contribution in [3.05, 3.63) is 41.6 Å². The second-order valence-corrected chi connectivity index (χ2v) is 6.24. The van der Waals surface area contributed by atoms with Crippen LogP contribution in [0.4, 0.5) is 5.82 Å². The number of likely N-dealkylation sites (N-methyl/N-ethyl adjacent to an activating group) is 1. The van der Waals surface area contributed by atoms with Gasteiger partial charge in [-0.2, -0.15) is 5.10 Å². The second kappa shape index (κ2) is 7.47. The number of anilines is 1. The van der Waals surface area contributed by atoms with Crippen molar-refractivity contribution in [1.82, 2.24) is 14.7 Å². The van der Waals surface area contributed by atoms with E-state index >= 15 is 0 Å². The Hall–Kier alpha value is -1.79.